The van der Waals surface area contributed by atoms with Crippen molar-refractivity contribution in [3.8, 4) is 5.75 Å². The van der Waals surface area contributed by atoms with Crippen molar-refractivity contribution in [1.82, 2.24) is 4.98 Å². The van der Waals surface area contributed by atoms with Crippen LogP contribution in [0.1, 0.15) is 29.9 Å². The van der Waals surface area contributed by atoms with Gasteiger partial charge in [0.1, 0.15) is 12.4 Å². The maximum atomic E-state index is 12.6. The maximum Gasteiger partial charge on any atom is 0.339 e. The monoisotopic (exact) mass is 458 g/mol. The standard InChI is InChI=1S/C22H22N2O5S2/c1-4-31(27)20-12-8-5-9-17(20)21(26)29-13-16-14-30-22(23-16)24(15(2)25)18-10-6-7-11-19(18)28-3/h5-12,14H,4,13H2,1-3H3. The molecule has 1 atom stereocenters. The third kappa shape index (κ3) is 5.18. The topological polar surface area (TPSA) is 85.8 Å². The summed E-state index contributed by atoms with van der Waals surface area (Å²) in [5, 5.41) is 2.17. The van der Waals surface area contributed by atoms with Gasteiger partial charge in [-0.3, -0.25) is 13.9 Å². The second-order valence-electron chi connectivity index (χ2n) is 6.35. The van der Waals surface area contributed by atoms with Gasteiger partial charge in [-0.1, -0.05) is 31.2 Å². The molecular formula is C22H22N2O5S2. The lowest BCUT2D eigenvalue weighted by Crippen LogP contribution is -2.23. The van der Waals surface area contributed by atoms with Crippen LogP contribution in [0.15, 0.2) is 58.8 Å². The minimum Gasteiger partial charge on any atom is -0.495 e. The summed E-state index contributed by atoms with van der Waals surface area (Å²) in [6.45, 7) is 3.16. The number of benzene rings is 2. The van der Waals surface area contributed by atoms with Crippen LogP contribution in [-0.2, 0) is 26.9 Å². The number of nitrogens with zero attached hydrogens (tertiary/aromatic N) is 2. The summed E-state index contributed by atoms with van der Waals surface area (Å²) >= 11 is 1.26. The van der Waals surface area contributed by atoms with Crippen molar-refractivity contribution < 1.29 is 23.3 Å². The number of esters is 1. The highest BCUT2D eigenvalue weighted by molar-refractivity contribution is 7.85. The molecule has 9 heteroatoms. The van der Waals surface area contributed by atoms with Crippen molar-refractivity contribution in [2.45, 2.75) is 25.3 Å². The first-order chi connectivity index (χ1) is 15.0. The zero-order chi connectivity index (χ0) is 22.4. The summed E-state index contributed by atoms with van der Waals surface area (Å²) in [7, 11) is 0.262. The Kier molecular flexibility index (Phi) is 7.54. The number of para-hydroxylation sites is 2. The number of carbonyl (C=O) groups is 2. The van der Waals surface area contributed by atoms with E-state index < -0.39 is 16.8 Å². The van der Waals surface area contributed by atoms with Crippen LogP contribution in [0.25, 0.3) is 0 Å². The third-order valence-corrected chi connectivity index (χ3v) is 6.58. The van der Waals surface area contributed by atoms with Gasteiger partial charge in [-0.05, 0) is 24.3 Å². The van der Waals surface area contributed by atoms with E-state index >= 15 is 0 Å². The molecule has 0 aliphatic rings. The highest BCUT2D eigenvalue weighted by Crippen LogP contribution is 2.35. The van der Waals surface area contributed by atoms with Crippen molar-refractivity contribution in [3.63, 3.8) is 0 Å². The Morgan fingerprint density at radius 1 is 1.13 bits per heavy atom. The van der Waals surface area contributed by atoms with Crippen LogP contribution in [0.2, 0.25) is 0 Å². The summed E-state index contributed by atoms with van der Waals surface area (Å²) in [6, 6.07) is 13.8. The van der Waals surface area contributed by atoms with E-state index in [1.807, 2.05) is 12.1 Å². The van der Waals surface area contributed by atoms with Crippen LogP contribution in [-0.4, -0.2) is 33.9 Å². The fraction of sp³-hybridized carbons (Fsp3) is 0.227. The van der Waals surface area contributed by atoms with Crippen molar-refractivity contribution in [3.05, 3.63) is 65.2 Å². The van der Waals surface area contributed by atoms with Crippen LogP contribution in [0, 0.1) is 0 Å². The molecule has 1 aromatic heterocycles. The molecule has 3 rings (SSSR count). The summed E-state index contributed by atoms with van der Waals surface area (Å²) in [6.07, 6.45) is 0. The average Bonchev–Trinajstić information content (AvgIpc) is 3.25. The molecule has 1 heterocycles. The van der Waals surface area contributed by atoms with Crippen LogP contribution in [0.3, 0.4) is 0 Å². The number of aromatic nitrogens is 1. The fourth-order valence-electron chi connectivity index (χ4n) is 2.89. The van der Waals surface area contributed by atoms with Crippen LogP contribution < -0.4 is 9.64 Å². The smallest absolute Gasteiger partial charge is 0.339 e. The number of hydrogen-bond acceptors (Lipinski definition) is 7. The molecule has 162 valence electrons. The van der Waals surface area contributed by atoms with Crippen LogP contribution in [0.5, 0.6) is 5.75 Å². The zero-order valence-electron chi connectivity index (χ0n) is 17.4. The van der Waals surface area contributed by atoms with E-state index in [-0.39, 0.29) is 18.1 Å². The molecule has 31 heavy (non-hydrogen) atoms. The molecule has 0 spiro atoms. The Morgan fingerprint density at radius 3 is 2.55 bits per heavy atom. The molecule has 7 nitrogen and oxygen atoms in total. The molecule has 0 saturated heterocycles. The van der Waals surface area contributed by atoms with E-state index in [2.05, 4.69) is 4.98 Å². The highest BCUT2D eigenvalue weighted by Gasteiger charge is 2.22. The summed E-state index contributed by atoms with van der Waals surface area (Å²) in [5.41, 5.74) is 1.35. The lowest BCUT2D eigenvalue weighted by molar-refractivity contribution is -0.115. The molecule has 0 aliphatic carbocycles. The van der Waals surface area contributed by atoms with Gasteiger partial charge in [0.25, 0.3) is 0 Å². The molecule has 0 aliphatic heterocycles. The largest absolute Gasteiger partial charge is 0.495 e. The Balaban J connectivity index is 1.78. The Hall–Kier alpha value is -3.04. The third-order valence-electron chi connectivity index (χ3n) is 4.34. The molecular weight excluding hydrogens is 436 g/mol. The van der Waals surface area contributed by atoms with Gasteiger partial charge in [0.15, 0.2) is 5.13 Å². The van der Waals surface area contributed by atoms with Crippen molar-refractivity contribution >= 4 is 44.8 Å². The number of hydrogen-bond donors (Lipinski definition) is 0. The first-order valence-corrected chi connectivity index (χ1v) is 11.7. The number of amides is 1. The first-order valence-electron chi connectivity index (χ1n) is 9.48. The van der Waals surface area contributed by atoms with Crippen molar-refractivity contribution in [2.24, 2.45) is 0 Å². The number of thiazole rings is 1. The second-order valence-corrected chi connectivity index (χ2v) is 8.90. The van der Waals surface area contributed by atoms with E-state index in [1.165, 1.54) is 30.3 Å². The molecule has 3 aromatic rings. The lowest BCUT2D eigenvalue weighted by atomic mass is 10.2. The predicted molar refractivity (Wildman–Crippen MR) is 120 cm³/mol. The predicted octanol–water partition coefficient (Wildman–Crippen LogP) is 4.32. The van der Waals surface area contributed by atoms with Gasteiger partial charge in [0.2, 0.25) is 5.91 Å². The van der Waals surface area contributed by atoms with Gasteiger partial charge in [0.05, 0.1) is 39.7 Å². The normalized spacial score (nSPS) is 11.6. The van der Waals surface area contributed by atoms with E-state index in [0.29, 0.717) is 32.9 Å². The minimum absolute atomic E-state index is 0.0693. The highest BCUT2D eigenvalue weighted by atomic mass is 32.2. The Labute approximate surface area is 187 Å². The fourth-order valence-corrected chi connectivity index (χ4v) is 4.70. The molecule has 1 amide bonds. The number of carbonyl (C=O) groups excluding carboxylic acids is 2. The molecule has 0 radical (unpaired) electrons. The van der Waals surface area contributed by atoms with Gasteiger partial charge in [0, 0.05) is 18.1 Å². The van der Waals surface area contributed by atoms with Crippen molar-refractivity contribution in [1.29, 1.82) is 0 Å². The quantitative estimate of drug-likeness (QED) is 0.467. The van der Waals surface area contributed by atoms with Gasteiger partial charge >= 0.3 is 5.97 Å². The molecule has 0 fully saturated rings. The van der Waals surface area contributed by atoms with Gasteiger partial charge in [-0.25, -0.2) is 9.78 Å². The number of ether oxygens (including phenoxy) is 2. The van der Waals surface area contributed by atoms with Crippen molar-refractivity contribution in [2.75, 3.05) is 17.8 Å². The van der Waals surface area contributed by atoms with E-state index in [9.17, 15) is 13.8 Å². The van der Waals surface area contributed by atoms with Gasteiger partial charge < -0.3 is 9.47 Å². The van der Waals surface area contributed by atoms with Crippen LogP contribution in [0.4, 0.5) is 10.8 Å². The Bertz CT molecular complexity index is 1110. The molecule has 1 unspecified atom stereocenters. The second kappa shape index (κ2) is 10.3. The maximum absolute atomic E-state index is 12.6. The molecule has 0 bridgehead atoms. The zero-order valence-corrected chi connectivity index (χ0v) is 19.0. The average molecular weight is 459 g/mol. The lowest BCUT2D eigenvalue weighted by Gasteiger charge is -2.20. The first kappa shape index (κ1) is 22.6. The summed E-state index contributed by atoms with van der Waals surface area (Å²) in [5.74, 6) is 0.156. The number of rotatable bonds is 8. The van der Waals surface area contributed by atoms with E-state index in [4.69, 9.17) is 9.47 Å². The SMILES string of the molecule is CCS(=O)c1ccccc1C(=O)OCc1csc(N(C(C)=O)c2ccccc2OC)n1. The van der Waals surface area contributed by atoms with Gasteiger partial charge in [-0.15, -0.1) is 11.3 Å². The van der Waals surface area contributed by atoms with Gasteiger partial charge in [-0.2, -0.15) is 0 Å². The van der Waals surface area contributed by atoms with E-state index in [0.717, 1.165) is 0 Å². The van der Waals surface area contributed by atoms with E-state index in [1.54, 1.807) is 48.7 Å². The minimum atomic E-state index is -1.27. The number of anilines is 2. The summed E-state index contributed by atoms with van der Waals surface area (Å²) in [4.78, 5) is 31.2. The molecule has 2 aromatic carbocycles. The number of methoxy groups -OCH3 is 1. The molecule has 0 N–H and O–H groups in total. The summed E-state index contributed by atoms with van der Waals surface area (Å²) < 4.78 is 22.9. The van der Waals surface area contributed by atoms with Crippen LogP contribution >= 0.6 is 11.3 Å². The molecule has 0 saturated carbocycles. The Morgan fingerprint density at radius 2 is 1.84 bits per heavy atom.